The highest BCUT2D eigenvalue weighted by molar-refractivity contribution is 7.89. The number of nitrogens with zero attached hydrogens (tertiary/aromatic N) is 1. The van der Waals surface area contributed by atoms with Crippen molar-refractivity contribution >= 4 is 15.7 Å². The van der Waals surface area contributed by atoms with Crippen LogP contribution in [0.3, 0.4) is 0 Å². The van der Waals surface area contributed by atoms with Gasteiger partial charge in [-0.25, -0.2) is 13.1 Å². The first-order valence-electron chi connectivity index (χ1n) is 6.80. The van der Waals surface area contributed by atoms with Crippen LogP contribution in [0.4, 0.5) is 5.69 Å². The average Bonchev–Trinajstić information content (AvgIpc) is 2.45. The molecular formula is C13H21N3O3S. The molecule has 3 N–H and O–H groups in total. The molecule has 0 unspecified atom stereocenters. The van der Waals surface area contributed by atoms with Gasteiger partial charge in [0.25, 0.3) is 0 Å². The Morgan fingerprint density at radius 2 is 2.25 bits per heavy atom. The smallest absolute Gasteiger partial charge is 0.240 e. The summed E-state index contributed by atoms with van der Waals surface area (Å²) in [5, 5.41) is 0. The second-order valence-corrected chi connectivity index (χ2v) is 6.42. The van der Waals surface area contributed by atoms with Gasteiger partial charge in [-0.05, 0) is 24.6 Å². The monoisotopic (exact) mass is 299 g/mol. The van der Waals surface area contributed by atoms with E-state index in [1.807, 2.05) is 0 Å². The zero-order valence-electron chi connectivity index (χ0n) is 11.6. The van der Waals surface area contributed by atoms with Crippen molar-refractivity contribution in [3.05, 3.63) is 18.2 Å². The summed E-state index contributed by atoms with van der Waals surface area (Å²) < 4.78 is 32.3. The van der Waals surface area contributed by atoms with Crippen molar-refractivity contribution in [3.63, 3.8) is 0 Å². The maximum absolute atomic E-state index is 12.1. The Kier molecular flexibility index (Phi) is 4.85. The third-order valence-corrected chi connectivity index (χ3v) is 4.59. The largest absolute Gasteiger partial charge is 0.490 e. The van der Waals surface area contributed by atoms with Gasteiger partial charge in [0, 0.05) is 19.6 Å². The van der Waals surface area contributed by atoms with Gasteiger partial charge in [0.1, 0.15) is 12.4 Å². The van der Waals surface area contributed by atoms with E-state index in [1.54, 1.807) is 18.2 Å². The molecule has 0 aliphatic carbocycles. The molecule has 1 aliphatic rings. The third kappa shape index (κ3) is 3.23. The van der Waals surface area contributed by atoms with E-state index in [2.05, 4.69) is 16.5 Å². The summed E-state index contributed by atoms with van der Waals surface area (Å²) in [6.07, 6.45) is 1.00. The third-order valence-electron chi connectivity index (χ3n) is 3.13. The van der Waals surface area contributed by atoms with Crippen LogP contribution in [0.15, 0.2) is 23.1 Å². The van der Waals surface area contributed by atoms with Crippen LogP contribution in [-0.4, -0.2) is 41.2 Å². The summed E-state index contributed by atoms with van der Waals surface area (Å²) >= 11 is 0. The van der Waals surface area contributed by atoms with Gasteiger partial charge in [-0.3, -0.25) is 0 Å². The number of rotatable bonds is 6. The molecule has 0 saturated heterocycles. The van der Waals surface area contributed by atoms with Crippen LogP contribution < -0.4 is 20.1 Å². The predicted molar refractivity (Wildman–Crippen MR) is 78.7 cm³/mol. The average molecular weight is 299 g/mol. The van der Waals surface area contributed by atoms with Gasteiger partial charge in [0.05, 0.1) is 17.1 Å². The van der Waals surface area contributed by atoms with Gasteiger partial charge in [-0.2, -0.15) is 0 Å². The minimum atomic E-state index is -3.51. The molecule has 2 rings (SSSR count). The Labute approximate surface area is 120 Å². The number of anilines is 1. The fraction of sp³-hybridized carbons (Fsp3) is 0.538. The molecule has 0 spiro atoms. The molecule has 1 aliphatic heterocycles. The maximum Gasteiger partial charge on any atom is 0.240 e. The normalized spacial score (nSPS) is 14.8. The molecule has 0 amide bonds. The van der Waals surface area contributed by atoms with Crippen molar-refractivity contribution < 1.29 is 13.2 Å². The Morgan fingerprint density at radius 3 is 2.95 bits per heavy atom. The highest BCUT2D eigenvalue weighted by Gasteiger charge is 2.21. The lowest BCUT2D eigenvalue weighted by Crippen LogP contribution is -2.34. The van der Waals surface area contributed by atoms with Gasteiger partial charge < -0.3 is 15.4 Å². The van der Waals surface area contributed by atoms with Crippen molar-refractivity contribution in [3.8, 4) is 5.75 Å². The fourth-order valence-corrected chi connectivity index (χ4v) is 3.27. The first-order chi connectivity index (χ1) is 9.58. The topological polar surface area (TPSA) is 84.7 Å². The van der Waals surface area contributed by atoms with Crippen LogP contribution in [0.25, 0.3) is 0 Å². The van der Waals surface area contributed by atoms with E-state index < -0.39 is 10.0 Å². The van der Waals surface area contributed by atoms with Crippen LogP contribution in [0.5, 0.6) is 5.75 Å². The first kappa shape index (κ1) is 15.1. The summed E-state index contributed by atoms with van der Waals surface area (Å²) in [5.74, 6) is 0.738. The molecular weight excluding hydrogens is 278 g/mol. The number of nitrogens with two attached hydrogens (primary N) is 1. The zero-order valence-corrected chi connectivity index (χ0v) is 12.4. The summed E-state index contributed by atoms with van der Waals surface area (Å²) in [6, 6.07) is 4.95. The zero-order chi connectivity index (χ0) is 14.6. The summed E-state index contributed by atoms with van der Waals surface area (Å²) in [5.41, 5.74) is 6.17. The molecule has 20 heavy (non-hydrogen) atoms. The number of nitrogens with one attached hydrogen (secondary N) is 1. The van der Waals surface area contributed by atoms with Crippen LogP contribution in [0.1, 0.15) is 13.3 Å². The number of sulfonamides is 1. The summed E-state index contributed by atoms with van der Waals surface area (Å²) in [6.45, 7) is 4.89. The maximum atomic E-state index is 12.1. The van der Waals surface area contributed by atoms with Gasteiger partial charge in [-0.15, -0.1) is 0 Å². The van der Waals surface area contributed by atoms with Crippen LogP contribution in [0.2, 0.25) is 0 Å². The second kappa shape index (κ2) is 6.43. The Balaban J connectivity index is 2.32. The number of hydrogen-bond acceptors (Lipinski definition) is 5. The molecule has 7 heteroatoms. The van der Waals surface area contributed by atoms with Crippen molar-refractivity contribution in [2.45, 2.75) is 18.2 Å². The quantitative estimate of drug-likeness (QED) is 0.800. The first-order valence-corrected chi connectivity index (χ1v) is 8.28. The van der Waals surface area contributed by atoms with E-state index in [9.17, 15) is 8.42 Å². The number of benzene rings is 1. The van der Waals surface area contributed by atoms with Crippen molar-refractivity contribution in [1.82, 2.24) is 4.72 Å². The van der Waals surface area contributed by atoms with E-state index in [1.165, 1.54) is 0 Å². The molecule has 0 aromatic heterocycles. The van der Waals surface area contributed by atoms with E-state index in [0.29, 0.717) is 6.61 Å². The van der Waals surface area contributed by atoms with Crippen molar-refractivity contribution in [2.24, 2.45) is 5.73 Å². The van der Waals surface area contributed by atoms with Crippen LogP contribution >= 0.6 is 0 Å². The Hall–Kier alpha value is -1.31. The van der Waals surface area contributed by atoms with Crippen LogP contribution in [-0.2, 0) is 10.0 Å². The molecule has 1 heterocycles. The number of fused-ring (bicyclic) bond motifs is 1. The molecule has 0 fully saturated rings. The molecule has 0 bridgehead atoms. The summed E-state index contributed by atoms with van der Waals surface area (Å²) in [4.78, 5) is 2.40. The van der Waals surface area contributed by atoms with Gasteiger partial charge in [-0.1, -0.05) is 6.92 Å². The number of ether oxygens (including phenoxy) is 1. The van der Waals surface area contributed by atoms with Gasteiger partial charge in [0.2, 0.25) is 10.0 Å². The molecule has 0 saturated carbocycles. The predicted octanol–water partition coefficient (Wildman–Crippen LogP) is 0.532. The highest BCUT2D eigenvalue weighted by atomic mass is 32.2. The minimum Gasteiger partial charge on any atom is -0.490 e. The second-order valence-electron chi connectivity index (χ2n) is 4.65. The van der Waals surface area contributed by atoms with E-state index in [4.69, 9.17) is 10.5 Å². The lowest BCUT2D eigenvalue weighted by Gasteiger charge is -2.31. The molecule has 112 valence electrons. The molecule has 6 nitrogen and oxygen atoms in total. The highest BCUT2D eigenvalue weighted by Crippen LogP contribution is 2.33. The van der Waals surface area contributed by atoms with Gasteiger partial charge in [0.15, 0.2) is 0 Å². The molecule has 0 radical (unpaired) electrons. The fourth-order valence-electron chi connectivity index (χ4n) is 2.20. The van der Waals surface area contributed by atoms with Gasteiger partial charge >= 0.3 is 0 Å². The summed E-state index contributed by atoms with van der Waals surface area (Å²) in [7, 11) is -3.51. The Morgan fingerprint density at radius 1 is 1.45 bits per heavy atom. The van der Waals surface area contributed by atoms with E-state index in [0.717, 1.165) is 30.9 Å². The van der Waals surface area contributed by atoms with Crippen molar-refractivity contribution in [2.75, 3.05) is 37.7 Å². The van der Waals surface area contributed by atoms with Crippen molar-refractivity contribution in [1.29, 1.82) is 0 Å². The standard InChI is InChI=1S/C13H21N3O3S/c1-2-7-16-8-9-19-13-4-3-11(10-12(13)16)20(17,18)15-6-5-14/h3-4,10,15H,2,5-9,14H2,1H3. The molecule has 1 aromatic carbocycles. The lowest BCUT2D eigenvalue weighted by molar-refractivity contribution is 0.307. The number of hydrogen-bond donors (Lipinski definition) is 2. The van der Waals surface area contributed by atoms with E-state index >= 15 is 0 Å². The SMILES string of the molecule is CCCN1CCOc2ccc(S(=O)(=O)NCCN)cc21. The molecule has 0 atom stereocenters. The van der Waals surface area contributed by atoms with E-state index in [-0.39, 0.29) is 18.0 Å². The van der Waals surface area contributed by atoms with Crippen LogP contribution in [0, 0.1) is 0 Å². The minimum absolute atomic E-state index is 0.231. The lowest BCUT2D eigenvalue weighted by atomic mass is 10.2. The Bertz CT molecular complexity index is 560. The molecule has 1 aromatic rings.